The van der Waals surface area contributed by atoms with Gasteiger partial charge in [0.1, 0.15) is 11.2 Å². The molecule has 0 unspecified atom stereocenters. The quantitative estimate of drug-likeness (QED) is 0.469. The number of nitriles is 1. The van der Waals surface area contributed by atoms with Gasteiger partial charge in [-0.25, -0.2) is 4.39 Å². The van der Waals surface area contributed by atoms with E-state index in [0.29, 0.717) is 28.9 Å². The van der Waals surface area contributed by atoms with E-state index < -0.39 is 58.8 Å². The normalized spacial score (nSPS) is 19.1. The third kappa shape index (κ3) is 5.23. The van der Waals surface area contributed by atoms with Gasteiger partial charge in [0.2, 0.25) is 11.8 Å². The number of aromatic nitrogens is 1. The number of hydrogen-bond donors (Lipinski definition) is 2. The Kier molecular flexibility index (Phi) is 6.77. The number of carbonyl (C=O) groups is 2. The number of hydrogen-bond acceptors (Lipinski definition) is 5. The molecule has 2 atom stereocenters. The molecule has 7 nitrogen and oxygen atoms in total. The van der Waals surface area contributed by atoms with Crippen LogP contribution >= 0.6 is 0 Å². The van der Waals surface area contributed by atoms with E-state index in [4.69, 9.17) is 11.5 Å². The average Bonchev–Trinajstić information content (AvgIpc) is 3.75. The zero-order valence-corrected chi connectivity index (χ0v) is 21.1. The van der Waals surface area contributed by atoms with Crippen LogP contribution in [0.25, 0.3) is 11.1 Å². The van der Waals surface area contributed by atoms with Crippen LogP contribution in [0.15, 0.2) is 42.6 Å². The van der Waals surface area contributed by atoms with Crippen molar-refractivity contribution in [3.63, 3.8) is 0 Å². The fraction of sp³-hybridized carbons (Fsp3) is 0.481. The minimum absolute atomic E-state index is 0.0464. The smallest absolute Gasteiger partial charge is 0.369 e. The molecule has 0 bridgehead atoms. The molecule has 1 aromatic heterocycles. The minimum Gasteiger partial charge on any atom is -0.369 e. The van der Waals surface area contributed by atoms with Crippen molar-refractivity contribution < 1.29 is 27.2 Å². The molecule has 202 valence electrons. The first-order valence-corrected chi connectivity index (χ1v) is 12.3. The van der Waals surface area contributed by atoms with E-state index in [0.717, 1.165) is 11.6 Å². The van der Waals surface area contributed by atoms with Crippen molar-refractivity contribution >= 4 is 11.8 Å². The maximum Gasteiger partial charge on any atom is 0.414 e. The number of benzene rings is 1. The number of pyridine rings is 1. The SMILES string of the molecule is CC(C)(F)C[C@H](N)C(=O)N([C@@H](c1ccc(-c2ccc(C3(C(N)=O)CC3)cc2)cn1)C(F)(F)F)C1(C#N)CC1. The zero-order valence-electron chi connectivity index (χ0n) is 21.1. The van der Waals surface area contributed by atoms with E-state index in [1.54, 1.807) is 24.3 Å². The predicted octanol–water partition coefficient (Wildman–Crippen LogP) is 4.22. The maximum absolute atomic E-state index is 14.5. The summed E-state index contributed by atoms with van der Waals surface area (Å²) in [7, 11) is 0. The highest BCUT2D eigenvalue weighted by molar-refractivity contribution is 5.90. The van der Waals surface area contributed by atoms with E-state index in [1.165, 1.54) is 26.1 Å². The molecule has 2 amide bonds. The van der Waals surface area contributed by atoms with E-state index in [9.17, 15) is 32.4 Å². The Morgan fingerprint density at radius 1 is 1.05 bits per heavy atom. The van der Waals surface area contributed by atoms with Crippen LogP contribution in [-0.2, 0) is 15.0 Å². The molecule has 38 heavy (non-hydrogen) atoms. The monoisotopic (exact) mass is 531 g/mol. The van der Waals surface area contributed by atoms with Gasteiger partial charge in [0.15, 0.2) is 6.04 Å². The molecular formula is C27H29F4N5O2. The van der Waals surface area contributed by atoms with Crippen LogP contribution in [0.1, 0.15) is 63.3 Å². The van der Waals surface area contributed by atoms with Crippen LogP contribution in [0, 0.1) is 11.3 Å². The summed E-state index contributed by atoms with van der Waals surface area (Å²) in [6.07, 6.45) is -2.80. The lowest BCUT2D eigenvalue weighted by molar-refractivity contribution is -0.198. The summed E-state index contributed by atoms with van der Waals surface area (Å²) in [6, 6.07) is 7.32. The van der Waals surface area contributed by atoms with Crippen molar-refractivity contribution in [2.45, 2.75) is 80.8 Å². The lowest BCUT2D eigenvalue weighted by Gasteiger charge is -2.38. The summed E-state index contributed by atoms with van der Waals surface area (Å²) in [6.45, 7) is 2.35. The maximum atomic E-state index is 14.5. The van der Waals surface area contributed by atoms with Crippen LogP contribution in [0.5, 0.6) is 0 Å². The Labute approximate surface area is 217 Å². The molecule has 2 fully saturated rings. The molecule has 11 heteroatoms. The Hall–Kier alpha value is -3.52. The van der Waals surface area contributed by atoms with E-state index in [-0.39, 0.29) is 12.8 Å². The molecule has 4 N–H and O–H groups in total. The van der Waals surface area contributed by atoms with Crippen molar-refractivity contribution in [1.29, 1.82) is 5.26 Å². The topological polar surface area (TPSA) is 126 Å². The summed E-state index contributed by atoms with van der Waals surface area (Å²) in [4.78, 5) is 29.5. The zero-order chi connectivity index (χ0) is 28.1. The summed E-state index contributed by atoms with van der Waals surface area (Å²) in [5, 5.41) is 9.69. The molecule has 2 saturated carbocycles. The molecule has 0 radical (unpaired) electrons. The largest absolute Gasteiger partial charge is 0.414 e. The van der Waals surface area contributed by atoms with Gasteiger partial charge < -0.3 is 16.4 Å². The fourth-order valence-corrected chi connectivity index (χ4v) is 4.87. The third-order valence-electron chi connectivity index (χ3n) is 7.28. The van der Waals surface area contributed by atoms with Gasteiger partial charge in [-0.1, -0.05) is 30.3 Å². The average molecular weight is 532 g/mol. The van der Waals surface area contributed by atoms with Gasteiger partial charge in [0, 0.05) is 18.2 Å². The molecule has 2 aliphatic rings. The van der Waals surface area contributed by atoms with Crippen molar-refractivity contribution in [1.82, 2.24) is 9.88 Å². The second-order valence-corrected chi connectivity index (χ2v) is 10.8. The Balaban J connectivity index is 1.66. The summed E-state index contributed by atoms with van der Waals surface area (Å²) < 4.78 is 57.6. The molecule has 0 saturated heterocycles. The first-order chi connectivity index (χ1) is 17.6. The third-order valence-corrected chi connectivity index (χ3v) is 7.28. The van der Waals surface area contributed by atoms with Crippen LogP contribution < -0.4 is 11.5 Å². The molecular weight excluding hydrogens is 502 g/mol. The van der Waals surface area contributed by atoms with E-state index in [1.807, 2.05) is 6.07 Å². The highest BCUT2D eigenvalue weighted by Gasteiger charge is 2.61. The summed E-state index contributed by atoms with van der Waals surface area (Å²) >= 11 is 0. The van der Waals surface area contributed by atoms with Crippen molar-refractivity contribution in [3.8, 4) is 17.2 Å². The van der Waals surface area contributed by atoms with Gasteiger partial charge in [-0.3, -0.25) is 14.6 Å². The van der Waals surface area contributed by atoms with Gasteiger partial charge >= 0.3 is 6.18 Å². The molecule has 0 aliphatic heterocycles. The number of amides is 2. The van der Waals surface area contributed by atoms with Crippen molar-refractivity contribution in [2.24, 2.45) is 11.5 Å². The Bertz CT molecular complexity index is 1250. The number of nitrogens with two attached hydrogens (primary N) is 2. The fourth-order valence-electron chi connectivity index (χ4n) is 4.87. The van der Waals surface area contributed by atoms with Crippen LogP contribution in [0.2, 0.25) is 0 Å². The van der Waals surface area contributed by atoms with Crippen molar-refractivity contribution in [3.05, 3.63) is 53.9 Å². The minimum atomic E-state index is -4.98. The number of halogens is 4. The number of alkyl halides is 4. The van der Waals surface area contributed by atoms with Crippen LogP contribution in [-0.4, -0.2) is 45.1 Å². The van der Waals surface area contributed by atoms with Crippen LogP contribution in [0.3, 0.4) is 0 Å². The lowest BCUT2D eigenvalue weighted by Crippen LogP contribution is -2.55. The Morgan fingerprint density at radius 2 is 1.63 bits per heavy atom. The molecule has 4 rings (SSSR count). The highest BCUT2D eigenvalue weighted by atomic mass is 19.4. The predicted molar refractivity (Wildman–Crippen MR) is 131 cm³/mol. The lowest BCUT2D eigenvalue weighted by atomic mass is 9.93. The molecule has 0 spiro atoms. The summed E-state index contributed by atoms with van der Waals surface area (Å²) in [5.41, 5.74) is 8.60. The number of carbonyl (C=O) groups excluding carboxylic acids is 2. The second-order valence-electron chi connectivity index (χ2n) is 10.8. The van der Waals surface area contributed by atoms with Crippen molar-refractivity contribution in [2.75, 3.05) is 0 Å². The first kappa shape index (κ1) is 27.5. The number of rotatable bonds is 9. The highest BCUT2D eigenvalue weighted by Crippen LogP contribution is 2.51. The number of nitrogens with zero attached hydrogens (tertiary/aromatic N) is 3. The molecule has 1 heterocycles. The first-order valence-electron chi connectivity index (χ1n) is 12.3. The van der Waals surface area contributed by atoms with Gasteiger partial charge in [0.25, 0.3) is 0 Å². The second kappa shape index (κ2) is 9.34. The van der Waals surface area contributed by atoms with Gasteiger partial charge in [-0.2, -0.15) is 18.4 Å². The van der Waals surface area contributed by atoms with Gasteiger partial charge in [-0.15, -0.1) is 0 Å². The Morgan fingerprint density at radius 3 is 2.03 bits per heavy atom. The van der Waals surface area contributed by atoms with Gasteiger partial charge in [-0.05, 0) is 56.7 Å². The van der Waals surface area contributed by atoms with E-state index >= 15 is 0 Å². The molecule has 2 aromatic rings. The standard InChI is InChI=1S/C27H29F4N5O2/c1-24(2,28)13-19(33)22(37)36(25(15-32)9-10-25)21(27(29,30)31)20-8-5-17(14-35-20)16-3-6-18(7-4-16)26(11-12-26)23(34)38/h3-8,14,19,21H,9-13,33H2,1-2H3,(H2,34,38)/t19-,21-/m0/s1. The van der Waals surface area contributed by atoms with E-state index in [2.05, 4.69) is 4.98 Å². The number of primary amides is 1. The molecule has 2 aliphatic carbocycles. The summed E-state index contributed by atoms with van der Waals surface area (Å²) in [5.74, 6) is -1.55. The van der Waals surface area contributed by atoms with Crippen LogP contribution in [0.4, 0.5) is 17.6 Å². The van der Waals surface area contributed by atoms with Gasteiger partial charge in [0.05, 0.1) is 23.2 Å². The molecule has 1 aromatic carbocycles.